The summed E-state index contributed by atoms with van der Waals surface area (Å²) in [6.07, 6.45) is 5.69. The maximum Gasteiger partial charge on any atom is 0.129 e. The van der Waals surface area contributed by atoms with E-state index in [-0.39, 0.29) is 5.54 Å². The molecule has 0 amide bonds. The van der Waals surface area contributed by atoms with E-state index in [0.717, 1.165) is 10.3 Å². The fraction of sp³-hybridized carbons (Fsp3) is 0.545. The molecule has 76 valence electrons. The van der Waals surface area contributed by atoms with E-state index in [0.29, 0.717) is 0 Å². The van der Waals surface area contributed by atoms with Gasteiger partial charge in [-0.2, -0.15) is 0 Å². The van der Waals surface area contributed by atoms with Gasteiger partial charge in [0.1, 0.15) is 5.82 Å². The van der Waals surface area contributed by atoms with Crippen LogP contribution in [0.5, 0.6) is 0 Å². The van der Waals surface area contributed by atoms with E-state index in [4.69, 9.17) is 0 Å². The number of rotatable bonds is 2. The zero-order valence-electron chi connectivity index (χ0n) is 8.60. The van der Waals surface area contributed by atoms with Crippen LogP contribution >= 0.6 is 15.9 Å². The molecule has 1 saturated carbocycles. The summed E-state index contributed by atoms with van der Waals surface area (Å²) in [7, 11) is 0. The molecule has 2 rings (SSSR count). The van der Waals surface area contributed by atoms with Gasteiger partial charge in [0.15, 0.2) is 0 Å². The van der Waals surface area contributed by atoms with Crippen LogP contribution in [0.2, 0.25) is 0 Å². The molecule has 1 aromatic heterocycles. The summed E-state index contributed by atoms with van der Waals surface area (Å²) in [6, 6.07) is 2.09. The van der Waals surface area contributed by atoms with Crippen LogP contribution in [0.15, 0.2) is 16.7 Å². The zero-order chi connectivity index (χ0) is 10.2. The fourth-order valence-electron chi connectivity index (χ4n) is 1.79. The molecule has 2 nitrogen and oxygen atoms in total. The Kier molecular flexibility index (Phi) is 2.52. The third kappa shape index (κ3) is 1.92. The molecule has 1 aromatic rings. The van der Waals surface area contributed by atoms with E-state index < -0.39 is 0 Å². The average molecular weight is 255 g/mol. The van der Waals surface area contributed by atoms with Crippen molar-refractivity contribution in [2.75, 3.05) is 5.32 Å². The minimum Gasteiger partial charge on any atom is -0.365 e. The van der Waals surface area contributed by atoms with E-state index >= 15 is 0 Å². The molecule has 1 aliphatic carbocycles. The number of nitrogens with zero attached hydrogens (tertiary/aromatic N) is 1. The first-order valence-corrected chi connectivity index (χ1v) is 5.79. The highest BCUT2D eigenvalue weighted by atomic mass is 79.9. The van der Waals surface area contributed by atoms with Gasteiger partial charge in [-0.25, -0.2) is 4.98 Å². The van der Waals surface area contributed by atoms with Crippen molar-refractivity contribution < 1.29 is 0 Å². The molecule has 0 radical (unpaired) electrons. The predicted molar refractivity (Wildman–Crippen MR) is 62.6 cm³/mol. The van der Waals surface area contributed by atoms with Crippen LogP contribution < -0.4 is 5.32 Å². The third-order valence-electron chi connectivity index (χ3n) is 2.92. The van der Waals surface area contributed by atoms with E-state index in [1.807, 2.05) is 6.20 Å². The molecule has 14 heavy (non-hydrogen) atoms. The molecule has 1 fully saturated rings. The lowest BCUT2D eigenvalue weighted by atomic mass is 9.78. The molecule has 0 atom stereocenters. The normalized spacial score (nSPS) is 18.8. The maximum atomic E-state index is 4.39. The van der Waals surface area contributed by atoms with Gasteiger partial charge in [-0.1, -0.05) is 0 Å². The molecule has 0 bridgehead atoms. The summed E-state index contributed by atoms with van der Waals surface area (Å²) in [5.41, 5.74) is 1.48. The number of aryl methyl sites for hydroxylation is 1. The van der Waals surface area contributed by atoms with Crippen LogP contribution in [0.3, 0.4) is 0 Å². The van der Waals surface area contributed by atoms with Gasteiger partial charge in [0.25, 0.3) is 0 Å². The number of hydrogen-bond acceptors (Lipinski definition) is 2. The lowest BCUT2D eigenvalue weighted by Gasteiger charge is -2.40. The van der Waals surface area contributed by atoms with Gasteiger partial charge in [0.05, 0.1) is 0 Å². The van der Waals surface area contributed by atoms with Crippen molar-refractivity contribution in [2.24, 2.45) is 0 Å². The van der Waals surface area contributed by atoms with Gasteiger partial charge in [-0.3, -0.25) is 0 Å². The van der Waals surface area contributed by atoms with Crippen LogP contribution in [-0.2, 0) is 0 Å². The molecule has 1 aliphatic rings. The van der Waals surface area contributed by atoms with Crippen molar-refractivity contribution in [3.8, 4) is 0 Å². The van der Waals surface area contributed by atoms with Crippen molar-refractivity contribution in [1.82, 2.24) is 4.98 Å². The minimum atomic E-state index is 0.283. The SMILES string of the molecule is Cc1cc(Br)cnc1NC1(C)CCC1. The quantitative estimate of drug-likeness (QED) is 0.874. The Balaban J connectivity index is 2.16. The Bertz CT molecular complexity index is 345. The van der Waals surface area contributed by atoms with Crippen LogP contribution in [0.4, 0.5) is 5.82 Å². The maximum absolute atomic E-state index is 4.39. The number of halogens is 1. The Hall–Kier alpha value is -0.570. The number of nitrogens with one attached hydrogen (secondary N) is 1. The first-order chi connectivity index (χ1) is 6.59. The topological polar surface area (TPSA) is 24.9 Å². The van der Waals surface area contributed by atoms with Crippen molar-refractivity contribution in [3.63, 3.8) is 0 Å². The lowest BCUT2D eigenvalue weighted by Crippen LogP contribution is -2.42. The molecular weight excluding hydrogens is 240 g/mol. The van der Waals surface area contributed by atoms with Crippen molar-refractivity contribution in [3.05, 3.63) is 22.3 Å². The summed E-state index contributed by atoms with van der Waals surface area (Å²) in [5, 5.41) is 3.52. The highest BCUT2D eigenvalue weighted by Crippen LogP contribution is 2.35. The fourth-order valence-corrected chi connectivity index (χ4v) is 2.24. The first kappa shape index (κ1) is 9.97. The highest BCUT2D eigenvalue weighted by Gasteiger charge is 2.31. The summed E-state index contributed by atoms with van der Waals surface area (Å²) in [6.45, 7) is 4.35. The first-order valence-electron chi connectivity index (χ1n) is 4.99. The largest absolute Gasteiger partial charge is 0.365 e. The van der Waals surface area contributed by atoms with Crippen molar-refractivity contribution in [1.29, 1.82) is 0 Å². The molecule has 0 aromatic carbocycles. The average Bonchev–Trinajstić information content (AvgIpc) is 2.07. The molecule has 0 saturated heterocycles. The summed E-state index contributed by atoms with van der Waals surface area (Å²) >= 11 is 3.42. The van der Waals surface area contributed by atoms with E-state index in [2.05, 4.69) is 46.1 Å². The van der Waals surface area contributed by atoms with Crippen LogP contribution in [-0.4, -0.2) is 10.5 Å². The molecule has 0 unspecified atom stereocenters. The smallest absolute Gasteiger partial charge is 0.129 e. The summed E-state index contributed by atoms with van der Waals surface area (Å²) in [4.78, 5) is 4.39. The van der Waals surface area contributed by atoms with Gasteiger partial charge in [0.2, 0.25) is 0 Å². The van der Waals surface area contributed by atoms with E-state index in [9.17, 15) is 0 Å². The standard InChI is InChI=1S/C11H15BrN2/c1-8-6-9(12)7-13-10(8)14-11(2)4-3-5-11/h6-7H,3-5H2,1-2H3,(H,13,14). The number of pyridine rings is 1. The van der Waals surface area contributed by atoms with E-state index in [1.165, 1.54) is 24.8 Å². The predicted octanol–water partition coefficient (Wildman–Crippen LogP) is 3.51. The van der Waals surface area contributed by atoms with Crippen LogP contribution in [0, 0.1) is 6.92 Å². The molecule has 1 heterocycles. The molecular formula is C11H15BrN2. The Morgan fingerprint density at radius 3 is 2.71 bits per heavy atom. The van der Waals surface area contributed by atoms with Gasteiger partial charge < -0.3 is 5.32 Å². The molecule has 1 N–H and O–H groups in total. The molecule has 0 aliphatic heterocycles. The summed E-state index contributed by atoms with van der Waals surface area (Å²) in [5.74, 6) is 1.02. The van der Waals surface area contributed by atoms with Gasteiger partial charge >= 0.3 is 0 Å². The Labute approximate surface area is 93.3 Å². The lowest BCUT2D eigenvalue weighted by molar-refractivity contribution is 0.305. The van der Waals surface area contributed by atoms with Crippen LogP contribution in [0.1, 0.15) is 31.7 Å². The Morgan fingerprint density at radius 2 is 2.21 bits per heavy atom. The number of anilines is 1. The van der Waals surface area contributed by atoms with Gasteiger partial charge in [-0.05, 0) is 60.7 Å². The van der Waals surface area contributed by atoms with Crippen LogP contribution in [0.25, 0.3) is 0 Å². The van der Waals surface area contributed by atoms with Crippen molar-refractivity contribution >= 4 is 21.7 Å². The number of hydrogen-bond donors (Lipinski definition) is 1. The van der Waals surface area contributed by atoms with E-state index in [1.54, 1.807) is 0 Å². The highest BCUT2D eigenvalue weighted by molar-refractivity contribution is 9.10. The molecule has 0 spiro atoms. The minimum absolute atomic E-state index is 0.283. The summed E-state index contributed by atoms with van der Waals surface area (Å²) < 4.78 is 1.04. The zero-order valence-corrected chi connectivity index (χ0v) is 10.2. The van der Waals surface area contributed by atoms with Crippen molar-refractivity contribution in [2.45, 2.75) is 38.6 Å². The van der Waals surface area contributed by atoms with Gasteiger partial charge in [-0.15, -0.1) is 0 Å². The Morgan fingerprint density at radius 1 is 1.50 bits per heavy atom. The molecule has 3 heteroatoms. The second-order valence-corrected chi connectivity index (χ2v) is 5.27. The second-order valence-electron chi connectivity index (χ2n) is 4.36. The monoisotopic (exact) mass is 254 g/mol. The third-order valence-corrected chi connectivity index (χ3v) is 3.36. The second kappa shape index (κ2) is 3.54. The number of aromatic nitrogens is 1. The van der Waals surface area contributed by atoms with Gasteiger partial charge in [0, 0.05) is 16.2 Å².